The van der Waals surface area contributed by atoms with Crippen LogP contribution in [0.2, 0.25) is 0 Å². The third kappa shape index (κ3) is 0.732. The Bertz CT molecular complexity index is 236. The highest BCUT2D eigenvalue weighted by Gasteiger charge is 2.55. The zero-order valence-electron chi connectivity index (χ0n) is 7.08. The average molecular weight is 165 g/mol. The largest absolute Gasteiger partial charge is 0.465 e. The Morgan fingerprint density at radius 3 is 3.00 bits per heavy atom. The van der Waals surface area contributed by atoms with Crippen molar-refractivity contribution in [3.63, 3.8) is 0 Å². The van der Waals surface area contributed by atoms with Crippen LogP contribution in [0.4, 0.5) is 0 Å². The first-order valence-electron chi connectivity index (χ1n) is 4.77. The minimum absolute atomic E-state index is 0.0301. The molecule has 2 saturated carbocycles. The van der Waals surface area contributed by atoms with Crippen LogP contribution in [0.25, 0.3) is 0 Å². The second-order valence-corrected chi connectivity index (χ2v) is 4.57. The first-order valence-corrected chi connectivity index (χ1v) is 4.77. The number of fused-ring (bicyclic) bond motifs is 3. The number of ether oxygens (including phenoxy) is 1. The molecule has 0 amide bonds. The Morgan fingerprint density at radius 2 is 2.50 bits per heavy atom. The van der Waals surface area contributed by atoms with Crippen LogP contribution in [-0.4, -0.2) is 12.6 Å². The van der Waals surface area contributed by atoms with E-state index >= 15 is 0 Å². The van der Waals surface area contributed by atoms with Crippen LogP contribution in [0.3, 0.4) is 0 Å². The van der Waals surface area contributed by atoms with Gasteiger partial charge in [0.15, 0.2) is 0 Å². The third-order valence-electron chi connectivity index (χ3n) is 3.89. The summed E-state index contributed by atoms with van der Waals surface area (Å²) in [5, 5.41) is 0. The number of cyclic esters (lactones) is 1. The van der Waals surface area contributed by atoms with Gasteiger partial charge in [-0.15, -0.1) is 0 Å². The molecule has 2 bridgehead atoms. The molecule has 0 aromatic rings. The van der Waals surface area contributed by atoms with Crippen molar-refractivity contribution in [1.29, 1.82) is 0 Å². The zero-order valence-corrected chi connectivity index (χ0v) is 7.08. The van der Waals surface area contributed by atoms with Crippen molar-refractivity contribution in [1.82, 2.24) is 0 Å². The fourth-order valence-electron chi connectivity index (χ4n) is 3.28. The molecule has 1 spiro atoms. The third-order valence-corrected chi connectivity index (χ3v) is 3.89. The van der Waals surface area contributed by atoms with Crippen molar-refractivity contribution >= 4 is 5.97 Å². The molecule has 2 heteroatoms. The molecule has 65 valence electrons. The second kappa shape index (κ2) is 2.04. The monoisotopic (exact) mass is 165 g/mol. The van der Waals surface area contributed by atoms with E-state index in [0.717, 1.165) is 11.8 Å². The van der Waals surface area contributed by atoms with E-state index in [2.05, 4.69) is 6.42 Å². The average Bonchev–Trinajstić information content (AvgIpc) is 2.67. The van der Waals surface area contributed by atoms with Crippen LogP contribution >= 0.6 is 0 Å². The van der Waals surface area contributed by atoms with Gasteiger partial charge in [-0.05, 0) is 37.5 Å². The van der Waals surface area contributed by atoms with E-state index in [4.69, 9.17) is 4.74 Å². The molecule has 1 heterocycles. The molecule has 0 aromatic carbocycles. The summed E-state index contributed by atoms with van der Waals surface area (Å²) in [6, 6.07) is 0. The molecule has 1 radical (unpaired) electrons. The molecular formula is C10H13O2. The summed E-state index contributed by atoms with van der Waals surface area (Å²) in [4.78, 5) is 11.0. The fraction of sp³-hybridized carbons (Fsp3) is 0.800. The zero-order chi connectivity index (χ0) is 8.18. The van der Waals surface area contributed by atoms with Gasteiger partial charge in [0.2, 0.25) is 0 Å². The van der Waals surface area contributed by atoms with Gasteiger partial charge in [0.05, 0.1) is 13.0 Å². The number of carbonyl (C=O) groups excluding carboxylic acids is 1. The fourth-order valence-corrected chi connectivity index (χ4v) is 3.28. The minimum Gasteiger partial charge on any atom is -0.465 e. The van der Waals surface area contributed by atoms with E-state index in [1.54, 1.807) is 0 Å². The maximum atomic E-state index is 11.0. The van der Waals surface area contributed by atoms with Crippen molar-refractivity contribution in [2.75, 3.05) is 6.61 Å². The highest BCUT2D eigenvalue weighted by atomic mass is 16.5. The minimum atomic E-state index is 0.0301. The summed E-state index contributed by atoms with van der Waals surface area (Å²) in [5.74, 6) is 1.58. The number of rotatable bonds is 0. The van der Waals surface area contributed by atoms with E-state index in [1.807, 2.05) is 0 Å². The van der Waals surface area contributed by atoms with Crippen LogP contribution in [0.15, 0.2) is 0 Å². The molecular weight excluding hydrogens is 152 g/mol. The van der Waals surface area contributed by atoms with Crippen LogP contribution in [0.1, 0.15) is 25.7 Å². The molecule has 3 rings (SSSR count). The standard InChI is InChI=1S/C10H13O2/c11-9-5-10(6-12-9)4-7-1-2-8(10)3-7/h1,7-8H,2-6H2. The molecule has 0 aromatic heterocycles. The summed E-state index contributed by atoms with van der Waals surface area (Å²) in [7, 11) is 0. The van der Waals surface area contributed by atoms with Crippen LogP contribution in [-0.2, 0) is 9.53 Å². The first kappa shape index (κ1) is 6.93. The molecule has 2 nitrogen and oxygen atoms in total. The maximum absolute atomic E-state index is 11.0. The van der Waals surface area contributed by atoms with Gasteiger partial charge in [-0.3, -0.25) is 4.79 Å². The van der Waals surface area contributed by atoms with E-state index in [-0.39, 0.29) is 11.4 Å². The SMILES string of the molecule is O=C1CC2(CO1)CC1[CH]CC2C1. The molecule has 1 saturated heterocycles. The number of hydrogen-bond donors (Lipinski definition) is 0. The molecule has 3 fully saturated rings. The predicted octanol–water partition coefficient (Wildman–Crippen LogP) is 1.55. The van der Waals surface area contributed by atoms with Crippen molar-refractivity contribution < 1.29 is 9.53 Å². The predicted molar refractivity (Wildman–Crippen MR) is 43.1 cm³/mol. The van der Waals surface area contributed by atoms with Crippen molar-refractivity contribution in [2.24, 2.45) is 17.3 Å². The van der Waals surface area contributed by atoms with Gasteiger partial charge in [-0.2, -0.15) is 0 Å². The molecule has 3 unspecified atom stereocenters. The summed E-state index contributed by atoms with van der Waals surface area (Å²) >= 11 is 0. The summed E-state index contributed by atoms with van der Waals surface area (Å²) in [6.45, 7) is 0.709. The smallest absolute Gasteiger partial charge is 0.306 e. The van der Waals surface area contributed by atoms with Crippen LogP contribution < -0.4 is 0 Å². The lowest BCUT2D eigenvalue weighted by Gasteiger charge is -2.30. The Labute approximate surface area is 72.3 Å². The van der Waals surface area contributed by atoms with Gasteiger partial charge in [0.1, 0.15) is 0 Å². The highest BCUT2D eigenvalue weighted by molar-refractivity contribution is 5.72. The normalized spacial score (nSPS) is 50.5. The highest BCUT2D eigenvalue weighted by Crippen LogP contribution is 2.58. The molecule has 1 aliphatic heterocycles. The van der Waals surface area contributed by atoms with E-state index < -0.39 is 0 Å². The van der Waals surface area contributed by atoms with Gasteiger partial charge in [-0.1, -0.05) is 0 Å². The van der Waals surface area contributed by atoms with E-state index in [1.165, 1.54) is 19.3 Å². The Morgan fingerprint density at radius 1 is 1.58 bits per heavy atom. The Kier molecular flexibility index (Phi) is 1.18. The van der Waals surface area contributed by atoms with Crippen molar-refractivity contribution in [3.8, 4) is 0 Å². The first-order chi connectivity index (χ1) is 5.78. The van der Waals surface area contributed by atoms with Crippen LogP contribution in [0, 0.1) is 23.7 Å². The van der Waals surface area contributed by atoms with Gasteiger partial charge < -0.3 is 4.74 Å². The van der Waals surface area contributed by atoms with Crippen molar-refractivity contribution in [3.05, 3.63) is 6.42 Å². The van der Waals surface area contributed by atoms with Gasteiger partial charge in [-0.25, -0.2) is 0 Å². The summed E-state index contributed by atoms with van der Waals surface area (Å²) in [5.41, 5.74) is 0.274. The number of esters is 1. The second-order valence-electron chi connectivity index (χ2n) is 4.57. The molecule has 3 atom stereocenters. The molecule has 3 aliphatic rings. The number of hydrogen-bond acceptors (Lipinski definition) is 2. The lowest BCUT2D eigenvalue weighted by atomic mass is 9.73. The number of carbonyl (C=O) groups is 1. The van der Waals surface area contributed by atoms with Crippen molar-refractivity contribution in [2.45, 2.75) is 25.7 Å². The van der Waals surface area contributed by atoms with E-state index in [9.17, 15) is 4.79 Å². The maximum Gasteiger partial charge on any atom is 0.306 e. The van der Waals surface area contributed by atoms with Gasteiger partial charge in [0.25, 0.3) is 0 Å². The van der Waals surface area contributed by atoms with Crippen LogP contribution in [0.5, 0.6) is 0 Å². The molecule has 12 heavy (non-hydrogen) atoms. The molecule has 0 N–H and O–H groups in total. The Balaban J connectivity index is 1.88. The molecule has 2 aliphatic carbocycles. The summed E-state index contributed by atoms with van der Waals surface area (Å²) in [6.07, 6.45) is 6.88. The topological polar surface area (TPSA) is 26.3 Å². The lowest BCUT2D eigenvalue weighted by Crippen LogP contribution is -2.28. The quantitative estimate of drug-likeness (QED) is 0.509. The van der Waals surface area contributed by atoms with E-state index in [0.29, 0.717) is 13.0 Å². The van der Waals surface area contributed by atoms with Gasteiger partial charge >= 0.3 is 5.97 Å². The van der Waals surface area contributed by atoms with Gasteiger partial charge in [0, 0.05) is 5.41 Å². The summed E-state index contributed by atoms with van der Waals surface area (Å²) < 4.78 is 5.09. The Hall–Kier alpha value is -0.530. The lowest BCUT2D eigenvalue weighted by molar-refractivity contribution is -0.137.